The molecule has 0 aliphatic heterocycles. The monoisotopic (exact) mass is 345 g/mol. The Balaban J connectivity index is 2.91. The molecule has 0 spiro atoms. The molecule has 0 saturated heterocycles. The normalized spacial score (nSPS) is 13.5. The molecule has 0 aliphatic carbocycles. The second-order valence-corrected chi connectivity index (χ2v) is 6.34. The van der Waals surface area contributed by atoms with Crippen LogP contribution >= 0.6 is 15.9 Å². The molecule has 0 aromatic heterocycles. The van der Waals surface area contributed by atoms with E-state index in [4.69, 9.17) is 4.74 Å². The average Bonchev–Trinajstić information content (AvgIpc) is 2.38. The van der Waals surface area contributed by atoms with Gasteiger partial charge in [0, 0.05) is 17.1 Å². The first-order valence-electron chi connectivity index (χ1n) is 7.22. The predicted molar refractivity (Wildman–Crippen MR) is 85.6 cm³/mol. The Labute approximate surface area is 130 Å². The standard InChI is InChI=1S/C16H25BrFNO/c1-5-9-19-15(16(3,4)20-6-2)11-12-10-13(18)7-8-14(12)17/h7-8,10,15,19H,5-6,9,11H2,1-4H3. The van der Waals surface area contributed by atoms with Gasteiger partial charge in [0.05, 0.1) is 5.60 Å². The summed E-state index contributed by atoms with van der Waals surface area (Å²) in [6.45, 7) is 9.89. The molecule has 0 aliphatic rings. The molecule has 2 nitrogen and oxygen atoms in total. The smallest absolute Gasteiger partial charge is 0.123 e. The molecule has 1 atom stereocenters. The second kappa shape index (κ2) is 8.11. The number of hydrogen-bond donors (Lipinski definition) is 1. The SMILES string of the molecule is CCCNC(Cc1cc(F)ccc1Br)C(C)(C)OCC. The van der Waals surface area contributed by atoms with E-state index in [1.54, 1.807) is 12.1 Å². The van der Waals surface area contributed by atoms with Crippen LogP contribution in [0.1, 0.15) is 39.7 Å². The van der Waals surface area contributed by atoms with Gasteiger partial charge in [-0.15, -0.1) is 0 Å². The Morgan fingerprint density at radius 2 is 2.05 bits per heavy atom. The molecule has 20 heavy (non-hydrogen) atoms. The first-order valence-corrected chi connectivity index (χ1v) is 8.01. The van der Waals surface area contributed by atoms with Crippen molar-refractivity contribution in [3.8, 4) is 0 Å². The molecule has 1 aromatic rings. The largest absolute Gasteiger partial charge is 0.374 e. The lowest BCUT2D eigenvalue weighted by atomic mass is 9.92. The van der Waals surface area contributed by atoms with Crippen molar-refractivity contribution in [3.63, 3.8) is 0 Å². The van der Waals surface area contributed by atoms with Crippen LogP contribution in [-0.2, 0) is 11.2 Å². The average molecular weight is 346 g/mol. The molecule has 0 radical (unpaired) electrons. The molecule has 1 aromatic carbocycles. The third-order valence-corrected chi connectivity index (χ3v) is 4.20. The van der Waals surface area contributed by atoms with Gasteiger partial charge < -0.3 is 10.1 Å². The highest BCUT2D eigenvalue weighted by Gasteiger charge is 2.30. The minimum Gasteiger partial charge on any atom is -0.374 e. The molecule has 0 saturated carbocycles. The summed E-state index contributed by atoms with van der Waals surface area (Å²) in [4.78, 5) is 0. The van der Waals surface area contributed by atoms with Gasteiger partial charge in [-0.1, -0.05) is 22.9 Å². The van der Waals surface area contributed by atoms with E-state index in [0.29, 0.717) is 6.61 Å². The van der Waals surface area contributed by atoms with E-state index in [1.165, 1.54) is 6.07 Å². The van der Waals surface area contributed by atoms with Crippen molar-refractivity contribution in [1.82, 2.24) is 5.32 Å². The summed E-state index contributed by atoms with van der Waals surface area (Å²) in [7, 11) is 0. The number of benzene rings is 1. The fourth-order valence-corrected chi connectivity index (χ4v) is 2.68. The third kappa shape index (κ3) is 5.15. The van der Waals surface area contributed by atoms with Crippen molar-refractivity contribution < 1.29 is 9.13 Å². The zero-order valence-electron chi connectivity index (χ0n) is 12.8. The Hall–Kier alpha value is -0.450. The van der Waals surface area contributed by atoms with E-state index in [9.17, 15) is 4.39 Å². The summed E-state index contributed by atoms with van der Waals surface area (Å²) in [5.41, 5.74) is 0.668. The number of ether oxygens (including phenoxy) is 1. The summed E-state index contributed by atoms with van der Waals surface area (Å²) >= 11 is 3.50. The van der Waals surface area contributed by atoms with Crippen molar-refractivity contribution in [3.05, 3.63) is 34.1 Å². The van der Waals surface area contributed by atoms with Crippen molar-refractivity contribution in [2.24, 2.45) is 0 Å². The fraction of sp³-hybridized carbons (Fsp3) is 0.625. The molecule has 1 N–H and O–H groups in total. The highest BCUT2D eigenvalue weighted by molar-refractivity contribution is 9.10. The first kappa shape index (κ1) is 17.6. The molecule has 114 valence electrons. The summed E-state index contributed by atoms with van der Waals surface area (Å²) in [5, 5.41) is 3.52. The molecule has 1 unspecified atom stereocenters. The van der Waals surface area contributed by atoms with Crippen molar-refractivity contribution >= 4 is 15.9 Å². The van der Waals surface area contributed by atoms with E-state index in [0.717, 1.165) is 29.4 Å². The van der Waals surface area contributed by atoms with Gasteiger partial charge in [0.25, 0.3) is 0 Å². The Morgan fingerprint density at radius 3 is 2.65 bits per heavy atom. The predicted octanol–water partition coefficient (Wildman–Crippen LogP) is 4.31. The Kier molecular flexibility index (Phi) is 7.13. The van der Waals surface area contributed by atoms with E-state index in [2.05, 4.69) is 42.0 Å². The van der Waals surface area contributed by atoms with Gasteiger partial charge >= 0.3 is 0 Å². The van der Waals surface area contributed by atoms with Crippen LogP contribution in [0.25, 0.3) is 0 Å². The Bertz CT molecular complexity index is 423. The fourth-order valence-electron chi connectivity index (χ4n) is 2.27. The van der Waals surface area contributed by atoms with Gasteiger partial charge in [-0.25, -0.2) is 4.39 Å². The zero-order valence-corrected chi connectivity index (χ0v) is 14.4. The van der Waals surface area contributed by atoms with Gasteiger partial charge in [0.15, 0.2) is 0 Å². The van der Waals surface area contributed by atoms with Gasteiger partial charge in [-0.3, -0.25) is 0 Å². The van der Waals surface area contributed by atoms with Crippen LogP contribution in [0.4, 0.5) is 4.39 Å². The lowest BCUT2D eigenvalue weighted by Gasteiger charge is -2.35. The number of halogens is 2. The van der Waals surface area contributed by atoms with Gasteiger partial charge in [-0.05, 0) is 63.9 Å². The zero-order chi connectivity index (χ0) is 15.2. The number of hydrogen-bond acceptors (Lipinski definition) is 2. The van der Waals surface area contributed by atoms with Crippen LogP contribution in [0.5, 0.6) is 0 Å². The van der Waals surface area contributed by atoms with E-state index in [-0.39, 0.29) is 17.5 Å². The van der Waals surface area contributed by atoms with Crippen molar-refractivity contribution in [2.75, 3.05) is 13.2 Å². The van der Waals surface area contributed by atoms with E-state index in [1.807, 2.05) is 6.92 Å². The molecular weight excluding hydrogens is 321 g/mol. The van der Waals surface area contributed by atoms with Crippen molar-refractivity contribution in [1.29, 1.82) is 0 Å². The third-order valence-electron chi connectivity index (χ3n) is 3.43. The summed E-state index contributed by atoms with van der Waals surface area (Å²) in [5.74, 6) is -0.202. The molecule has 4 heteroatoms. The van der Waals surface area contributed by atoms with Gasteiger partial charge in [0.2, 0.25) is 0 Å². The quantitative estimate of drug-likeness (QED) is 0.757. The lowest BCUT2D eigenvalue weighted by Crippen LogP contribution is -2.50. The highest BCUT2D eigenvalue weighted by atomic mass is 79.9. The maximum atomic E-state index is 13.4. The van der Waals surface area contributed by atoms with Crippen LogP contribution in [0.15, 0.2) is 22.7 Å². The summed E-state index contributed by atoms with van der Waals surface area (Å²) < 4.78 is 20.2. The maximum Gasteiger partial charge on any atom is 0.123 e. The van der Waals surface area contributed by atoms with Crippen LogP contribution in [0.3, 0.4) is 0 Å². The summed E-state index contributed by atoms with van der Waals surface area (Å²) in [6.07, 6.45) is 1.79. The molecular formula is C16H25BrFNO. The number of nitrogens with one attached hydrogen (secondary N) is 1. The molecule has 0 heterocycles. The van der Waals surface area contributed by atoms with Crippen LogP contribution in [0.2, 0.25) is 0 Å². The van der Waals surface area contributed by atoms with Crippen LogP contribution < -0.4 is 5.32 Å². The van der Waals surface area contributed by atoms with E-state index < -0.39 is 0 Å². The topological polar surface area (TPSA) is 21.3 Å². The molecule has 0 fully saturated rings. The maximum absolute atomic E-state index is 13.4. The van der Waals surface area contributed by atoms with Crippen LogP contribution in [-0.4, -0.2) is 24.8 Å². The summed E-state index contributed by atoms with van der Waals surface area (Å²) in [6, 6.07) is 4.96. The lowest BCUT2D eigenvalue weighted by molar-refractivity contribution is -0.0380. The molecule has 0 amide bonds. The minimum atomic E-state index is -0.296. The second-order valence-electron chi connectivity index (χ2n) is 5.48. The van der Waals surface area contributed by atoms with Crippen LogP contribution in [0, 0.1) is 5.82 Å². The molecule has 1 rings (SSSR count). The van der Waals surface area contributed by atoms with Gasteiger partial charge in [0.1, 0.15) is 5.82 Å². The van der Waals surface area contributed by atoms with E-state index >= 15 is 0 Å². The minimum absolute atomic E-state index is 0.139. The number of rotatable bonds is 8. The highest BCUT2D eigenvalue weighted by Crippen LogP contribution is 2.24. The van der Waals surface area contributed by atoms with Gasteiger partial charge in [-0.2, -0.15) is 0 Å². The van der Waals surface area contributed by atoms with Crippen molar-refractivity contribution in [2.45, 2.75) is 52.2 Å². The molecule has 0 bridgehead atoms. The Morgan fingerprint density at radius 1 is 1.35 bits per heavy atom. The first-order chi connectivity index (χ1) is 9.40.